The van der Waals surface area contributed by atoms with Crippen molar-refractivity contribution in [2.75, 3.05) is 13.1 Å². The zero-order valence-electron chi connectivity index (χ0n) is 11.9. The molecule has 20 heavy (non-hydrogen) atoms. The highest BCUT2D eigenvalue weighted by molar-refractivity contribution is 7.80. The van der Waals surface area contributed by atoms with Crippen LogP contribution in [0.5, 0.6) is 0 Å². The lowest BCUT2D eigenvalue weighted by Crippen LogP contribution is -3.12. The fourth-order valence-corrected chi connectivity index (χ4v) is 3.21. The fraction of sp³-hybridized carbons (Fsp3) is 0.562. The van der Waals surface area contributed by atoms with Crippen LogP contribution in [0.1, 0.15) is 31.2 Å². The van der Waals surface area contributed by atoms with E-state index in [0.717, 1.165) is 11.7 Å². The first kappa shape index (κ1) is 13.8. The molecule has 1 heterocycles. The smallest absolute Gasteiger partial charge is 0.166 e. The first-order valence-corrected chi connectivity index (χ1v) is 8.15. The maximum atomic E-state index is 5.36. The lowest BCUT2D eigenvalue weighted by Gasteiger charge is -2.30. The second-order valence-electron chi connectivity index (χ2n) is 6.08. The van der Waals surface area contributed by atoms with E-state index < -0.39 is 0 Å². The summed E-state index contributed by atoms with van der Waals surface area (Å²) >= 11 is 5.36. The van der Waals surface area contributed by atoms with Crippen molar-refractivity contribution in [1.82, 2.24) is 10.6 Å². The molecule has 1 saturated heterocycles. The average Bonchev–Trinajstić information content (AvgIpc) is 3.26. The van der Waals surface area contributed by atoms with E-state index in [1.54, 1.807) is 4.90 Å². The number of piperidine rings is 1. The SMILES string of the molecule is S=C(NC1CC1)NC1CC[NH+](Cc2ccccc2)CC1. The maximum Gasteiger partial charge on any atom is 0.166 e. The van der Waals surface area contributed by atoms with E-state index in [1.165, 1.54) is 44.3 Å². The molecule has 1 aliphatic carbocycles. The first-order valence-electron chi connectivity index (χ1n) is 7.74. The summed E-state index contributed by atoms with van der Waals surface area (Å²) in [6.07, 6.45) is 4.99. The number of hydrogen-bond acceptors (Lipinski definition) is 1. The van der Waals surface area contributed by atoms with Crippen molar-refractivity contribution in [2.45, 2.75) is 44.3 Å². The Hall–Kier alpha value is -1.13. The zero-order chi connectivity index (χ0) is 13.8. The molecule has 3 nitrogen and oxygen atoms in total. The second kappa shape index (κ2) is 6.55. The molecule has 2 aliphatic rings. The lowest BCUT2D eigenvalue weighted by molar-refractivity contribution is -0.918. The van der Waals surface area contributed by atoms with Crippen LogP contribution in [0.15, 0.2) is 30.3 Å². The molecule has 0 bridgehead atoms. The van der Waals surface area contributed by atoms with Crippen molar-refractivity contribution in [1.29, 1.82) is 0 Å². The van der Waals surface area contributed by atoms with E-state index in [-0.39, 0.29) is 0 Å². The molecule has 108 valence electrons. The number of nitrogens with one attached hydrogen (secondary N) is 3. The highest BCUT2D eigenvalue weighted by Gasteiger charge is 2.25. The topological polar surface area (TPSA) is 28.5 Å². The largest absolute Gasteiger partial charge is 0.360 e. The van der Waals surface area contributed by atoms with Gasteiger partial charge < -0.3 is 15.5 Å². The summed E-state index contributed by atoms with van der Waals surface area (Å²) in [6.45, 7) is 3.62. The third-order valence-electron chi connectivity index (χ3n) is 4.24. The number of quaternary nitrogens is 1. The third-order valence-corrected chi connectivity index (χ3v) is 4.47. The minimum atomic E-state index is 0.563. The van der Waals surface area contributed by atoms with Gasteiger partial charge in [0.25, 0.3) is 0 Å². The Kier molecular flexibility index (Phi) is 4.53. The maximum absolute atomic E-state index is 5.36. The number of benzene rings is 1. The number of hydrogen-bond donors (Lipinski definition) is 3. The van der Waals surface area contributed by atoms with Crippen LogP contribution in [0.25, 0.3) is 0 Å². The van der Waals surface area contributed by atoms with Crippen molar-refractivity contribution in [3.63, 3.8) is 0 Å². The predicted octanol–water partition coefficient (Wildman–Crippen LogP) is 0.860. The Morgan fingerprint density at radius 2 is 1.60 bits per heavy atom. The molecule has 0 atom stereocenters. The molecule has 2 fully saturated rings. The van der Waals surface area contributed by atoms with Crippen LogP contribution in [0.4, 0.5) is 0 Å². The quantitative estimate of drug-likeness (QED) is 0.719. The van der Waals surface area contributed by atoms with E-state index in [0.29, 0.717) is 12.1 Å². The summed E-state index contributed by atoms with van der Waals surface area (Å²) in [5, 5.41) is 7.71. The zero-order valence-corrected chi connectivity index (χ0v) is 12.7. The van der Waals surface area contributed by atoms with Gasteiger partial charge in [0.1, 0.15) is 6.54 Å². The van der Waals surface area contributed by atoms with E-state index in [4.69, 9.17) is 12.2 Å². The van der Waals surface area contributed by atoms with Gasteiger partial charge in [-0.3, -0.25) is 0 Å². The number of thiocarbonyl (C=S) groups is 1. The highest BCUT2D eigenvalue weighted by atomic mass is 32.1. The summed E-state index contributed by atoms with van der Waals surface area (Å²) < 4.78 is 0. The molecule has 1 aliphatic heterocycles. The van der Waals surface area contributed by atoms with Crippen LogP contribution in [-0.4, -0.2) is 30.3 Å². The van der Waals surface area contributed by atoms with Gasteiger partial charge in [-0.25, -0.2) is 0 Å². The Bertz CT molecular complexity index is 436. The first-order chi connectivity index (χ1) is 9.79. The van der Waals surface area contributed by atoms with Crippen LogP contribution in [0.2, 0.25) is 0 Å². The van der Waals surface area contributed by atoms with Gasteiger partial charge in [0.15, 0.2) is 5.11 Å². The monoisotopic (exact) mass is 290 g/mol. The van der Waals surface area contributed by atoms with Crippen LogP contribution >= 0.6 is 12.2 Å². The van der Waals surface area contributed by atoms with Gasteiger partial charge in [-0.15, -0.1) is 0 Å². The van der Waals surface area contributed by atoms with Gasteiger partial charge >= 0.3 is 0 Å². The summed E-state index contributed by atoms with van der Waals surface area (Å²) in [6, 6.07) is 12.0. The molecular formula is C16H24N3S+. The Morgan fingerprint density at radius 3 is 2.20 bits per heavy atom. The van der Waals surface area contributed by atoms with Crippen molar-refractivity contribution in [3.05, 3.63) is 35.9 Å². The molecular weight excluding hydrogens is 266 g/mol. The normalized spacial score (nSPS) is 26.0. The summed E-state index contributed by atoms with van der Waals surface area (Å²) in [4.78, 5) is 1.69. The molecule has 1 aromatic carbocycles. The van der Waals surface area contributed by atoms with Crippen LogP contribution in [0.3, 0.4) is 0 Å². The van der Waals surface area contributed by atoms with Crippen molar-refractivity contribution >= 4 is 17.3 Å². The van der Waals surface area contributed by atoms with Crippen LogP contribution in [-0.2, 0) is 6.54 Å². The molecule has 0 aromatic heterocycles. The number of rotatable bonds is 4. The Morgan fingerprint density at radius 1 is 1.00 bits per heavy atom. The lowest BCUT2D eigenvalue weighted by atomic mass is 10.0. The fourth-order valence-electron chi connectivity index (χ4n) is 2.87. The van der Waals surface area contributed by atoms with E-state index in [9.17, 15) is 0 Å². The van der Waals surface area contributed by atoms with Gasteiger partial charge in [0.2, 0.25) is 0 Å². The molecule has 0 spiro atoms. The van der Waals surface area contributed by atoms with Gasteiger partial charge in [-0.05, 0) is 25.1 Å². The summed E-state index contributed by atoms with van der Waals surface area (Å²) in [5.41, 5.74) is 1.44. The van der Waals surface area contributed by atoms with E-state index in [1.807, 2.05) is 0 Å². The minimum Gasteiger partial charge on any atom is -0.360 e. The Labute approximate surface area is 126 Å². The predicted molar refractivity (Wildman–Crippen MR) is 85.8 cm³/mol. The average molecular weight is 290 g/mol. The standard InChI is InChI=1S/C16H23N3S/c20-16(17-14-6-7-14)18-15-8-10-19(11-9-15)12-13-4-2-1-3-5-13/h1-5,14-15H,6-12H2,(H2,17,18,20)/p+1. The van der Waals surface area contributed by atoms with Gasteiger partial charge in [0, 0.05) is 30.5 Å². The third kappa shape index (κ3) is 4.18. The van der Waals surface area contributed by atoms with Gasteiger partial charge in [-0.1, -0.05) is 30.3 Å². The molecule has 1 saturated carbocycles. The highest BCUT2D eigenvalue weighted by Crippen LogP contribution is 2.18. The van der Waals surface area contributed by atoms with Crippen molar-refractivity contribution in [3.8, 4) is 0 Å². The van der Waals surface area contributed by atoms with Crippen molar-refractivity contribution < 1.29 is 4.90 Å². The minimum absolute atomic E-state index is 0.563. The molecule has 4 heteroatoms. The second-order valence-corrected chi connectivity index (χ2v) is 6.49. The molecule has 0 amide bonds. The van der Waals surface area contributed by atoms with Gasteiger partial charge in [-0.2, -0.15) is 0 Å². The van der Waals surface area contributed by atoms with Crippen molar-refractivity contribution in [2.24, 2.45) is 0 Å². The number of likely N-dealkylation sites (tertiary alicyclic amines) is 1. The van der Waals surface area contributed by atoms with Crippen LogP contribution in [0, 0.1) is 0 Å². The van der Waals surface area contributed by atoms with E-state index >= 15 is 0 Å². The Balaban J connectivity index is 1.39. The van der Waals surface area contributed by atoms with E-state index in [2.05, 4.69) is 41.0 Å². The van der Waals surface area contributed by atoms with Gasteiger partial charge in [0.05, 0.1) is 13.1 Å². The molecule has 3 rings (SSSR count). The van der Waals surface area contributed by atoms with Crippen LogP contribution < -0.4 is 15.5 Å². The molecule has 0 unspecified atom stereocenters. The summed E-state index contributed by atoms with van der Waals surface area (Å²) in [7, 11) is 0. The molecule has 1 aromatic rings. The molecule has 0 radical (unpaired) electrons. The molecule has 3 N–H and O–H groups in total. The summed E-state index contributed by atoms with van der Waals surface area (Å²) in [5.74, 6) is 0.